The van der Waals surface area contributed by atoms with Crippen molar-refractivity contribution in [3.63, 3.8) is 0 Å². The Morgan fingerprint density at radius 2 is 1.77 bits per heavy atom. The molecule has 0 bridgehead atoms. The SMILES string of the molecule is C/C=C(/c1cccc(O)c1)c1ccc(C(=O)N2CCC(c3nc4ccccc4n3C)CC2)cc1C. The molecule has 0 spiro atoms. The van der Waals surface area contributed by atoms with Gasteiger partial charge in [-0.05, 0) is 85.4 Å². The topological polar surface area (TPSA) is 58.4 Å². The van der Waals surface area contributed by atoms with Gasteiger partial charge in [-0.15, -0.1) is 0 Å². The first-order valence-electron chi connectivity index (χ1n) is 12.2. The van der Waals surface area contributed by atoms with Crippen molar-refractivity contribution in [2.24, 2.45) is 7.05 Å². The van der Waals surface area contributed by atoms with E-state index in [1.54, 1.807) is 12.1 Å². The average molecular weight is 466 g/mol. The zero-order chi connectivity index (χ0) is 24.5. The summed E-state index contributed by atoms with van der Waals surface area (Å²) < 4.78 is 2.20. The van der Waals surface area contributed by atoms with E-state index >= 15 is 0 Å². The number of hydrogen-bond donors (Lipinski definition) is 1. The van der Waals surface area contributed by atoms with E-state index in [1.807, 2.05) is 67.3 Å². The summed E-state index contributed by atoms with van der Waals surface area (Å²) in [7, 11) is 2.09. The number of carbonyl (C=O) groups excluding carboxylic acids is 1. The number of nitrogens with zero attached hydrogens (tertiary/aromatic N) is 3. The number of para-hydroxylation sites is 2. The molecular weight excluding hydrogens is 434 g/mol. The summed E-state index contributed by atoms with van der Waals surface area (Å²) in [6, 6.07) is 21.4. The summed E-state index contributed by atoms with van der Waals surface area (Å²) in [4.78, 5) is 20.2. The van der Waals surface area contributed by atoms with Gasteiger partial charge in [0, 0.05) is 31.6 Å². The highest BCUT2D eigenvalue weighted by molar-refractivity contribution is 5.95. The van der Waals surface area contributed by atoms with E-state index in [0.717, 1.165) is 70.6 Å². The van der Waals surface area contributed by atoms with Crippen LogP contribution >= 0.6 is 0 Å². The molecule has 1 saturated heterocycles. The van der Waals surface area contributed by atoms with Gasteiger partial charge in [-0.1, -0.05) is 36.4 Å². The van der Waals surface area contributed by atoms with E-state index in [4.69, 9.17) is 4.98 Å². The van der Waals surface area contributed by atoms with Gasteiger partial charge in [-0.2, -0.15) is 0 Å². The fourth-order valence-electron chi connectivity index (χ4n) is 5.30. The Morgan fingerprint density at radius 1 is 1.00 bits per heavy atom. The van der Waals surface area contributed by atoms with Crippen molar-refractivity contribution >= 4 is 22.5 Å². The lowest BCUT2D eigenvalue weighted by Crippen LogP contribution is -2.38. The lowest BCUT2D eigenvalue weighted by Gasteiger charge is -2.32. The number of allylic oxidation sites excluding steroid dienone is 1. The Morgan fingerprint density at radius 3 is 2.46 bits per heavy atom. The number of amides is 1. The number of likely N-dealkylation sites (tertiary alicyclic amines) is 1. The minimum absolute atomic E-state index is 0.0856. The second-order valence-corrected chi connectivity index (χ2v) is 9.37. The number of aromatic nitrogens is 2. The molecule has 0 unspecified atom stereocenters. The van der Waals surface area contributed by atoms with Gasteiger partial charge in [0.05, 0.1) is 11.0 Å². The number of hydrogen-bond acceptors (Lipinski definition) is 3. The van der Waals surface area contributed by atoms with Crippen LogP contribution in [0.1, 0.15) is 58.6 Å². The minimum atomic E-state index is 0.0856. The molecule has 35 heavy (non-hydrogen) atoms. The van der Waals surface area contributed by atoms with Crippen LogP contribution in [0.4, 0.5) is 0 Å². The molecule has 4 aromatic rings. The van der Waals surface area contributed by atoms with Crippen LogP contribution in [0.5, 0.6) is 5.75 Å². The first-order valence-corrected chi connectivity index (χ1v) is 12.2. The first kappa shape index (κ1) is 22.9. The summed E-state index contributed by atoms with van der Waals surface area (Å²) >= 11 is 0. The summed E-state index contributed by atoms with van der Waals surface area (Å²) in [5.41, 5.74) is 7.02. The number of aromatic hydroxyl groups is 1. The average Bonchev–Trinajstić information content (AvgIpc) is 3.21. The molecule has 2 heterocycles. The maximum Gasteiger partial charge on any atom is 0.253 e. The number of phenolic OH excluding ortho intramolecular Hbond substituents is 1. The monoisotopic (exact) mass is 465 g/mol. The van der Waals surface area contributed by atoms with Crippen LogP contribution in [0.25, 0.3) is 16.6 Å². The highest BCUT2D eigenvalue weighted by atomic mass is 16.3. The fourth-order valence-corrected chi connectivity index (χ4v) is 5.30. The second-order valence-electron chi connectivity index (χ2n) is 9.37. The van der Waals surface area contributed by atoms with E-state index in [-0.39, 0.29) is 11.7 Å². The van der Waals surface area contributed by atoms with Crippen LogP contribution in [-0.4, -0.2) is 38.6 Å². The molecule has 0 saturated carbocycles. The van der Waals surface area contributed by atoms with E-state index in [0.29, 0.717) is 5.92 Å². The van der Waals surface area contributed by atoms with Crippen LogP contribution in [0.2, 0.25) is 0 Å². The maximum atomic E-state index is 13.3. The van der Waals surface area contributed by atoms with E-state index < -0.39 is 0 Å². The fraction of sp³-hybridized carbons (Fsp3) is 0.267. The summed E-state index contributed by atoms with van der Waals surface area (Å²) in [5, 5.41) is 9.90. The third kappa shape index (κ3) is 4.34. The Kier molecular flexibility index (Phi) is 6.16. The number of rotatable bonds is 4. The summed E-state index contributed by atoms with van der Waals surface area (Å²) in [6.45, 7) is 5.50. The zero-order valence-corrected chi connectivity index (χ0v) is 20.5. The normalized spacial score (nSPS) is 15.1. The van der Waals surface area contributed by atoms with Crippen molar-refractivity contribution in [2.45, 2.75) is 32.6 Å². The molecule has 5 nitrogen and oxygen atoms in total. The van der Waals surface area contributed by atoms with Gasteiger partial charge in [0.1, 0.15) is 11.6 Å². The molecule has 1 aliphatic heterocycles. The van der Waals surface area contributed by atoms with Crippen molar-refractivity contribution in [1.29, 1.82) is 0 Å². The minimum Gasteiger partial charge on any atom is -0.508 e. The third-order valence-electron chi connectivity index (χ3n) is 7.18. The zero-order valence-electron chi connectivity index (χ0n) is 20.5. The highest BCUT2D eigenvalue weighted by Gasteiger charge is 2.27. The van der Waals surface area contributed by atoms with Crippen molar-refractivity contribution in [3.8, 4) is 5.75 Å². The first-order chi connectivity index (χ1) is 17.0. The Bertz CT molecular complexity index is 1420. The predicted molar refractivity (Wildman–Crippen MR) is 141 cm³/mol. The predicted octanol–water partition coefficient (Wildman–Crippen LogP) is 6.06. The number of imidazole rings is 1. The van der Waals surface area contributed by atoms with Crippen LogP contribution in [0.3, 0.4) is 0 Å². The largest absolute Gasteiger partial charge is 0.508 e. The summed E-state index contributed by atoms with van der Waals surface area (Å²) in [6.07, 6.45) is 3.88. The molecule has 3 aromatic carbocycles. The Hall–Kier alpha value is -3.86. The second kappa shape index (κ2) is 9.41. The molecule has 1 aliphatic rings. The molecule has 5 rings (SSSR count). The number of benzene rings is 3. The van der Waals surface area contributed by atoms with Crippen molar-refractivity contribution < 1.29 is 9.90 Å². The molecule has 1 amide bonds. The number of aryl methyl sites for hydroxylation is 2. The van der Waals surface area contributed by atoms with E-state index in [9.17, 15) is 9.90 Å². The highest BCUT2D eigenvalue weighted by Crippen LogP contribution is 2.32. The molecule has 0 aliphatic carbocycles. The quantitative estimate of drug-likeness (QED) is 0.399. The van der Waals surface area contributed by atoms with Gasteiger partial charge in [0.25, 0.3) is 5.91 Å². The number of piperidine rings is 1. The number of phenols is 1. The molecule has 178 valence electrons. The van der Waals surface area contributed by atoms with Crippen molar-refractivity contribution in [3.05, 3.63) is 101 Å². The standard InChI is InChI=1S/C30H31N3O2/c1-4-25(22-8-7-9-24(34)19-22)26-13-12-23(18-20(26)2)30(35)33-16-14-21(15-17-33)29-31-27-10-5-6-11-28(27)32(29)3/h4-13,18-19,21,34H,14-17H2,1-3H3/b25-4-. The van der Waals surface area contributed by atoms with Crippen LogP contribution in [0, 0.1) is 6.92 Å². The number of carbonyl (C=O) groups is 1. The van der Waals surface area contributed by atoms with Crippen LogP contribution in [0.15, 0.2) is 72.8 Å². The Balaban J connectivity index is 1.30. The lowest BCUT2D eigenvalue weighted by atomic mass is 9.92. The van der Waals surface area contributed by atoms with Gasteiger partial charge < -0.3 is 14.6 Å². The molecular formula is C30H31N3O2. The van der Waals surface area contributed by atoms with E-state index in [2.05, 4.69) is 23.7 Å². The van der Waals surface area contributed by atoms with Gasteiger partial charge in [0.2, 0.25) is 0 Å². The Labute approximate surface area is 206 Å². The molecule has 0 radical (unpaired) electrons. The van der Waals surface area contributed by atoms with Gasteiger partial charge in [-0.25, -0.2) is 4.98 Å². The van der Waals surface area contributed by atoms with Gasteiger partial charge >= 0.3 is 0 Å². The lowest BCUT2D eigenvalue weighted by molar-refractivity contribution is 0.0710. The van der Waals surface area contributed by atoms with E-state index in [1.165, 1.54) is 0 Å². The molecule has 1 fully saturated rings. The third-order valence-corrected chi connectivity index (χ3v) is 7.18. The summed E-state index contributed by atoms with van der Waals surface area (Å²) in [5.74, 6) is 1.81. The smallest absolute Gasteiger partial charge is 0.253 e. The number of fused-ring (bicyclic) bond motifs is 1. The molecule has 0 atom stereocenters. The molecule has 1 N–H and O–H groups in total. The molecule has 5 heteroatoms. The molecule has 1 aromatic heterocycles. The van der Waals surface area contributed by atoms with Gasteiger partial charge in [0.15, 0.2) is 0 Å². The maximum absolute atomic E-state index is 13.3. The van der Waals surface area contributed by atoms with Crippen LogP contribution < -0.4 is 0 Å². The van der Waals surface area contributed by atoms with Gasteiger partial charge in [-0.3, -0.25) is 4.79 Å². The van der Waals surface area contributed by atoms with Crippen molar-refractivity contribution in [1.82, 2.24) is 14.5 Å². The van der Waals surface area contributed by atoms with Crippen molar-refractivity contribution in [2.75, 3.05) is 13.1 Å². The van der Waals surface area contributed by atoms with Crippen LogP contribution in [-0.2, 0) is 7.05 Å².